The summed E-state index contributed by atoms with van der Waals surface area (Å²) in [6.45, 7) is 1.98. The molecule has 3 amide bonds. The minimum absolute atomic E-state index is 0.129. The van der Waals surface area contributed by atoms with Gasteiger partial charge < -0.3 is 10.6 Å². The van der Waals surface area contributed by atoms with Gasteiger partial charge in [-0.25, -0.2) is 9.78 Å². The second-order valence-electron chi connectivity index (χ2n) is 5.82. The number of thiazole rings is 1. The van der Waals surface area contributed by atoms with Crippen molar-refractivity contribution < 1.29 is 9.59 Å². The van der Waals surface area contributed by atoms with Crippen LogP contribution in [0.25, 0.3) is 0 Å². The van der Waals surface area contributed by atoms with Crippen LogP contribution in [-0.2, 0) is 11.2 Å². The fraction of sp³-hybridized carbons (Fsp3) is 0.105. The lowest BCUT2D eigenvalue weighted by atomic mass is 10.2. The van der Waals surface area contributed by atoms with E-state index in [2.05, 4.69) is 36.9 Å². The SMILES string of the molecule is Cc1ccc(NC(=O)Nc2nc(CC(=O)Nc3cccc(Br)c3)cs2)cc1. The van der Waals surface area contributed by atoms with Crippen molar-refractivity contribution in [3.8, 4) is 0 Å². The van der Waals surface area contributed by atoms with Gasteiger partial charge in [-0.15, -0.1) is 11.3 Å². The number of nitrogens with zero attached hydrogens (tertiary/aromatic N) is 1. The Morgan fingerprint density at radius 2 is 1.81 bits per heavy atom. The smallest absolute Gasteiger partial charge is 0.325 e. The zero-order chi connectivity index (χ0) is 19.2. The zero-order valence-corrected chi connectivity index (χ0v) is 16.9. The van der Waals surface area contributed by atoms with E-state index in [9.17, 15) is 9.59 Å². The van der Waals surface area contributed by atoms with Gasteiger partial charge in [0.25, 0.3) is 0 Å². The van der Waals surface area contributed by atoms with Crippen molar-refractivity contribution in [2.45, 2.75) is 13.3 Å². The van der Waals surface area contributed by atoms with Crippen molar-refractivity contribution in [1.82, 2.24) is 4.98 Å². The minimum Gasteiger partial charge on any atom is -0.326 e. The number of hydrogen-bond acceptors (Lipinski definition) is 4. The van der Waals surface area contributed by atoms with Crippen LogP contribution in [0.2, 0.25) is 0 Å². The van der Waals surface area contributed by atoms with Crippen LogP contribution in [0.4, 0.5) is 21.3 Å². The van der Waals surface area contributed by atoms with Crippen molar-refractivity contribution in [2.24, 2.45) is 0 Å². The molecule has 0 saturated heterocycles. The standard InChI is InChI=1S/C19H17BrN4O2S/c1-12-5-7-14(8-6-12)22-18(26)24-19-23-16(11-27-19)10-17(25)21-15-4-2-3-13(20)9-15/h2-9,11H,10H2,1H3,(H,21,25)(H2,22,23,24,26). The maximum absolute atomic E-state index is 12.1. The largest absolute Gasteiger partial charge is 0.326 e. The van der Waals surface area contributed by atoms with Crippen LogP contribution < -0.4 is 16.0 Å². The molecule has 6 nitrogen and oxygen atoms in total. The Balaban J connectivity index is 1.52. The van der Waals surface area contributed by atoms with Gasteiger partial charge in [0.2, 0.25) is 5.91 Å². The lowest BCUT2D eigenvalue weighted by molar-refractivity contribution is -0.115. The van der Waals surface area contributed by atoms with Crippen molar-refractivity contribution in [3.05, 3.63) is 69.6 Å². The molecule has 0 saturated carbocycles. The Kier molecular flexibility index (Phi) is 6.20. The molecule has 3 aromatic rings. The molecule has 2 aromatic carbocycles. The quantitative estimate of drug-likeness (QED) is 0.515. The first kappa shape index (κ1) is 19.1. The lowest BCUT2D eigenvalue weighted by Crippen LogP contribution is -2.19. The second kappa shape index (κ2) is 8.79. The third kappa shape index (κ3) is 5.90. The third-order valence-electron chi connectivity index (χ3n) is 3.53. The number of nitrogens with one attached hydrogen (secondary N) is 3. The Labute approximate surface area is 169 Å². The Morgan fingerprint density at radius 1 is 1.04 bits per heavy atom. The Morgan fingerprint density at radius 3 is 2.56 bits per heavy atom. The van der Waals surface area contributed by atoms with Gasteiger partial charge in [0, 0.05) is 21.2 Å². The summed E-state index contributed by atoms with van der Waals surface area (Å²) in [7, 11) is 0. The summed E-state index contributed by atoms with van der Waals surface area (Å²) in [5.74, 6) is -0.172. The van der Waals surface area contributed by atoms with Crippen molar-refractivity contribution in [2.75, 3.05) is 16.0 Å². The molecular formula is C19H17BrN4O2S. The van der Waals surface area contributed by atoms with Gasteiger partial charge in [-0.1, -0.05) is 39.7 Å². The molecule has 0 aliphatic heterocycles. The van der Waals surface area contributed by atoms with E-state index in [4.69, 9.17) is 0 Å². The molecule has 0 unspecified atom stereocenters. The first-order valence-electron chi connectivity index (χ1n) is 8.12. The van der Waals surface area contributed by atoms with Gasteiger partial charge in [0.15, 0.2) is 5.13 Å². The van der Waals surface area contributed by atoms with Crippen LogP contribution in [0.5, 0.6) is 0 Å². The first-order chi connectivity index (χ1) is 13.0. The number of carbonyl (C=O) groups excluding carboxylic acids is 2. The highest BCUT2D eigenvalue weighted by atomic mass is 79.9. The van der Waals surface area contributed by atoms with E-state index in [0.717, 1.165) is 10.0 Å². The number of benzene rings is 2. The predicted molar refractivity (Wildman–Crippen MR) is 112 cm³/mol. The van der Waals surface area contributed by atoms with E-state index in [1.54, 1.807) is 5.38 Å². The molecular weight excluding hydrogens is 428 g/mol. The van der Waals surface area contributed by atoms with Crippen LogP contribution in [0.15, 0.2) is 58.4 Å². The summed E-state index contributed by atoms with van der Waals surface area (Å²) >= 11 is 4.64. The van der Waals surface area contributed by atoms with Crippen LogP contribution in [0.3, 0.4) is 0 Å². The van der Waals surface area contributed by atoms with Gasteiger partial charge >= 0.3 is 6.03 Å². The number of aromatic nitrogens is 1. The summed E-state index contributed by atoms with van der Waals surface area (Å²) in [6.07, 6.45) is 0.129. The molecule has 1 heterocycles. The molecule has 3 N–H and O–H groups in total. The van der Waals surface area contributed by atoms with Crippen LogP contribution >= 0.6 is 27.3 Å². The van der Waals surface area contributed by atoms with Gasteiger partial charge in [-0.2, -0.15) is 0 Å². The number of anilines is 3. The summed E-state index contributed by atoms with van der Waals surface area (Å²) in [6, 6.07) is 14.5. The summed E-state index contributed by atoms with van der Waals surface area (Å²) in [5, 5.41) is 10.4. The topological polar surface area (TPSA) is 83.1 Å². The monoisotopic (exact) mass is 444 g/mol. The molecule has 0 radical (unpaired) electrons. The molecule has 0 spiro atoms. The highest BCUT2D eigenvalue weighted by molar-refractivity contribution is 9.10. The summed E-state index contributed by atoms with van der Waals surface area (Å²) < 4.78 is 0.889. The van der Waals surface area contributed by atoms with E-state index < -0.39 is 0 Å². The Hall–Kier alpha value is -2.71. The van der Waals surface area contributed by atoms with Gasteiger partial charge in [0.05, 0.1) is 12.1 Å². The van der Waals surface area contributed by atoms with E-state index in [0.29, 0.717) is 22.2 Å². The number of aryl methyl sites for hydroxylation is 1. The number of hydrogen-bond donors (Lipinski definition) is 3. The van der Waals surface area contributed by atoms with Gasteiger partial charge in [-0.05, 0) is 37.3 Å². The van der Waals surface area contributed by atoms with E-state index >= 15 is 0 Å². The van der Waals surface area contributed by atoms with E-state index in [1.165, 1.54) is 11.3 Å². The Bertz CT molecular complexity index is 956. The van der Waals surface area contributed by atoms with Gasteiger partial charge in [-0.3, -0.25) is 10.1 Å². The van der Waals surface area contributed by atoms with E-state index in [-0.39, 0.29) is 18.4 Å². The average molecular weight is 445 g/mol. The van der Waals surface area contributed by atoms with Crippen molar-refractivity contribution in [3.63, 3.8) is 0 Å². The molecule has 0 bridgehead atoms. The normalized spacial score (nSPS) is 10.3. The first-order valence-corrected chi connectivity index (χ1v) is 9.80. The molecule has 0 aliphatic carbocycles. The second-order valence-corrected chi connectivity index (χ2v) is 7.60. The average Bonchev–Trinajstić information content (AvgIpc) is 3.03. The molecule has 0 atom stereocenters. The fourth-order valence-electron chi connectivity index (χ4n) is 2.28. The van der Waals surface area contributed by atoms with Crippen LogP contribution in [0, 0.1) is 6.92 Å². The number of rotatable bonds is 5. The number of carbonyl (C=O) groups is 2. The molecule has 27 heavy (non-hydrogen) atoms. The summed E-state index contributed by atoms with van der Waals surface area (Å²) in [5.41, 5.74) is 3.12. The van der Waals surface area contributed by atoms with Crippen molar-refractivity contribution in [1.29, 1.82) is 0 Å². The fourth-order valence-corrected chi connectivity index (χ4v) is 3.38. The predicted octanol–water partition coefficient (Wildman–Crippen LogP) is 5.04. The van der Waals surface area contributed by atoms with Crippen LogP contribution in [0.1, 0.15) is 11.3 Å². The lowest BCUT2D eigenvalue weighted by Gasteiger charge is -2.05. The molecule has 1 aromatic heterocycles. The zero-order valence-electron chi connectivity index (χ0n) is 14.5. The van der Waals surface area contributed by atoms with Crippen LogP contribution in [-0.4, -0.2) is 16.9 Å². The third-order valence-corrected chi connectivity index (χ3v) is 4.83. The molecule has 3 rings (SSSR count). The van der Waals surface area contributed by atoms with E-state index in [1.807, 2.05) is 55.5 Å². The molecule has 0 fully saturated rings. The number of halogens is 1. The van der Waals surface area contributed by atoms with Crippen molar-refractivity contribution >= 4 is 55.7 Å². The number of urea groups is 1. The maximum Gasteiger partial charge on any atom is 0.325 e. The highest BCUT2D eigenvalue weighted by Crippen LogP contribution is 2.18. The molecule has 0 aliphatic rings. The maximum atomic E-state index is 12.1. The molecule has 8 heteroatoms. The number of amides is 3. The summed E-state index contributed by atoms with van der Waals surface area (Å²) in [4.78, 5) is 28.4. The minimum atomic E-state index is -0.377. The highest BCUT2D eigenvalue weighted by Gasteiger charge is 2.10. The molecule has 138 valence electrons. The van der Waals surface area contributed by atoms with Gasteiger partial charge in [0.1, 0.15) is 0 Å².